The van der Waals surface area contributed by atoms with Crippen molar-refractivity contribution < 1.29 is 5.11 Å². The number of rotatable bonds is 0. The number of amidine groups is 1. The summed E-state index contributed by atoms with van der Waals surface area (Å²) in [7, 11) is 0. The first-order chi connectivity index (χ1) is 4.10. The maximum absolute atomic E-state index is 9.12. The van der Waals surface area contributed by atoms with Gasteiger partial charge in [0.2, 0.25) is 5.85 Å². The van der Waals surface area contributed by atoms with E-state index < -0.39 is 5.85 Å². The molecule has 1 aliphatic heterocycles. The molecule has 4 nitrogen and oxygen atoms in total. The molecule has 0 bridgehead atoms. The molecule has 0 aromatic heterocycles. The van der Waals surface area contributed by atoms with Crippen LogP contribution in [0, 0.1) is 0 Å². The third kappa shape index (κ3) is 1.43. The Bertz CT molecular complexity index is 171. The Morgan fingerprint density at radius 3 is 2.89 bits per heavy atom. The number of aliphatic hydroxyl groups is 1. The Morgan fingerprint density at radius 1 is 1.89 bits per heavy atom. The molecule has 50 valence electrons. The van der Waals surface area contributed by atoms with E-state index in [1.54, 1.807) is 12.3 Å². The van der Waals surface area contributed by atoms with Crippen LogP contribution in [0.2, 0.25) is 0 Å². The third-order valence-electron chi connectivity index (χ3n) is 0.958. The van der Waals surface area contributed by atoms with Crippen molar-refractivity contribution in [3.05, 3.63) is 12.3 Å². The zero-order chi connectivity index (χ0) is 6.91. The number of nitrogens with two attached hydrogens (primary N) is 1. The molecule has 1 rings (SSSR count). The molecule has 1 unspecified atom stereocenters. The predicted octanol–water partition coefficient (Wildman–Crippen LogP) is -0.874. The highest BCUT2D eigenvalue weighted by atomic mass is 16.3. The minimum absolute atomic E-state index is 0.332. The lowest BCUT2D eigenvalue weighted by Crippen LogP contribution is -2.41. The van der Waals surface area contributed by atoms with Gasteiger partial charge in [0, 0.05) is 13.1 Å². The molecule has 9 heavy (non-hydrogen) atoms. The van der Waals surface area contributed by atoms with E-state index in [0.717, 1.165) is 0 Å². The summed E-state index contributed by atoms with van der Waals surface area (Å²) < 4.78 is 0. The smallest absolute Gasteiger partial charge is 0.232 e. The molecule has 0 aromatic carbocycles. The monoisotopic (exact) mass is 127 g/mol. The topological polar surface area (TPSA) is 70.6 Å². The van der Waals surface area contributed by atoms with Crippen LogP contribution in [0.15, 0.2) is 17.3 Å². The fourth-order valence-corrected chi connectivity index (χ4v) is 0.606. The van der Waals surface area contributed by atoms with Gasteiger partial charge in [0.15, 0.2) is 0 Å². The molecule has 0 aromatic rings. The van der Waals surface area contributed by atoms with Crippen LogP contribution in [-0.4, -0.2) is 16.8 Å². The van der Waals surface area contributed by atoms with Crippen molar-refractivity contribution in [2.45, 2.75) is 12.8 Å². The van der Waals surface area contributed by atoms with Crippen LogP contribution in [0.3, 0.4) is 0 Å². The molecule has 0 amide bonds. The molecule has 0 fully saturated rings. The molecular formula is C5H9N3O. The summed E-state index contributed by atoms with van der Waals surface area (Å²) in [5.74, 6) is -0.891. The van der Waals surface area contributed by atoms with Crippen LogP contribution in [0.5, 0.6) is 0 Å². The Labute approximate surface area is 53.1 Å². The largest absolute Gasteiger partial charge is 0.384 e. The second-order valence-electron chi connectivity index (χ2n) is 2.04. The van der Waals surface area contributed by atoms with Crippen molar-refractivity contribution in [3.63, 3.8) is 0 Å². The Balaban J connectivity index is 2.78. The van der Waals surface area contributed by atoms with Crippen LogP contribution < -0.4 is 11.1 Å². The van der Waals surface area contributed by atoms with Gasteiger partial charge in [0.1, 0.15) is 5.84 Å². The minimum atomic E-state index is -1.22. The van der Waals surface area contributed by atoms with Gasteiger partial charge < -0.3 is 16.2 Å². The van der Waals surface area contributed by atoms with Crippen LogP contribution in [0.25, 0.3) is 0 Å². The van der Waals surface area contributed by atoms with Gasteiger partial charge in [-0.2, -0.15) is 0 Å². The van der Waals surface area contributed by atoms with Crippen LogP contribution in [0.4, 0.5) is 0 Å². The lowest BCUT2D eigenvalue weighted by atomic mass is 10.4. The number of nitrogens with one attached hydrogen (secondary N) is 1. The Morgan fingerprint density at radius 2 is 2.56 bits per heavy atom. The van der Waals surface area contributed by atoms with E-state index in [4.69, 9.17) is 10.8 Å². The highest BCUT2D eigenvalue weighted by molar-refractivity contribution is 5.92. The quantitative estimate of drug-likeness (QED) is 0.396. The van der Waals surface area contributed by atoms with Crippen LogP contribution >= 0.6 is 0 Å². The molecule has 1 heterocycles. The van der Waals surface area contributed by atoms with E-state index in [2.05, 4.69) is 10.3 Å². The molecule has 4 heteroatoms. The van der Waals surface area contributed by atoms with Gasteiger partial charge in [-0.05, 0) is 6.08 Å². The number of hydrogen-bond acceptors (Lipinski definition) is 4. The van der Waals surface area contributed by atoms with Gasteiger partial charge in [-0.15, -0.1) is 0 Å². The molecule has 1 atom stereocenters. The van der Waals surface area contributed by atoms with E-state index in [-0.39, 0.29) is 0 Å². The average molecular weight is 127 g/mol. The van der Waals surface area contributed by atoms with Crippen LogP contribution in [-0.2, 0) is 0 Å². The normalized spacial score (nSPS) is 33.3. The Hall–Kier alpha value is -1.03. The molecule has 0 saturated heterocycles. The maximum atomic E-state index is 9.12. The van der Waals surface area contributed by atoms with Gasteiger partial charge in [0.05, 0.1) is 0 Å². The molecule has 0 saturated carbocycles. The second kappa shape index (κ2) is 1.73. The van der Waals surface area contributed by atoms with E-state index >= 15 is 0 Å². The van der Waals surface area contributed by atoms with Crippen LogP contribution in [0.1, 0.15) is 6.92 Å². The summed E-state index contributed by atoms with van der Waals surface area (Å²) in [6.07, 6.45) is 3.14. The molecular weight excluding hydrogens is 118 g/mol. The number of aliphatic imine (C=N–C) groups is 1. The third-order valence-corrected chi connectivity index (χ3v) is 0.958. The van der Waals surface area contributed by atoms with Gasteiger partial charge in [-0.1, -0.05) is 0 Å². The highest BCUT2D eigenvalue weighted by Crippen LogP contribution is 2.02. The zero-order valence-corrected chi connectivity index (χ0v) is 5.13. The fraction of sp³-hybridized carbons (Fsp3) is 0.400. The molecule has 1 aliphatic rings. The van der Waals surface area contributed by atoms with E-state index in [9.17, 15) is 0 Å². The summed E-state index contributed by atoms with van der Waals surface area (Å²) in [6, 6.07) is 0. The van der Waals surface area contributed by atoms with E-state index in [0.29, 0.717) is 5.84 Å². The number of hydrogen-bond donors (Lipinski definition) is 3. The SMILES string of the molecule is CC1(O)N=C(N)C=CN1. The molecule has 0 aliphatic carbocycles. The fourth-order valence-electron chi connectivity index (χ4n) is 0.606. The maximum Gasteiger partial charge on any atom is 0.232 e. The van der Waals surface area contributed by atoms with Crippen molar-refractivity contribution in [3.8, 4) is 0 Å². The summed E-state index contributed by atoms with van der Waals surface area (Å²) in [6.45, 7) is 1.52. The van der Waals surface area contributed by atoms with E-state index in [1.165, 1.54) is 6.92 Å². The summed E-state index contributed by atoms with van der Waals surface area (Å²) in [4.78, 5) is 3.67. The van der Waals surface area contributed by atoms with Gasteiger partial charge >= 0.3 is 0 Å². The summed E-state index contributed by atoms with van der Waals surface area (Å²) in [5.41, 5.74) is 5.27. The lowest BCUT2D eigenvalue weighted by molar-refractivity contribution is 0.0467. The highest BCUT2D eigenvalue weighted by Gasteiger charge is 2.17. The number of nitrogens with zero attached hydrogens (tertiary/aromatic N) is 1. The molecule has 0 spiro atoms. The van der Waals surface area contributed by atoms with Crippen molar-refractivity contribution >= 4 is 5.84 Å². The second-order valence-corrected chi connectivity index (χ2v) is 2.04. The molecule has 4 N–H and O–H groups in total. The first-order valence-corrected chi connectivity index (χ1v) is 2.62. The Kier molecular flexibility index (Phi) is 1.17. The first kappa shape index (κ1) is 6.10. The first-order valence-electron chi connectivity index (χ1n) is 2.62. The van der Waals surface area contributed by atoms with Crippen molar-refractivity contribution in [1.29, 1.82) is 0 Å². The van der Waals surface area contributed by atoms with Crippen molar-refractivity contribution in [2.24, 2.45) is 10.7 Å². The van der Waals surface area contributed by atoms with Gasteiger partial charge in [-0.3, -0.25) is 0 Å². The minimum Gasteiger partial charge on any atom is -0.384 e. The predicted molar refractivity (Wildman–Crippen MR) is 34.5 cm³/mol. The average Bonchev–Trinajstić information content (AvgIpc) is 1.60. The lowest BCUT2D eigenvalue weighted by Gasteiger charge is -2.21. The summed E-state index contributed by atoms with van der Waals surface area (Å²) >= 11 is 0. The van der Waals surface area contributed by atoms with Crippen molar-refractivity contribution in [2.75, 3.05) is 0 Å². The standard InChI is InChI=1S/C5H9N3O/c1-5(9)7-3-2-4(6)8-5/h2-3,7,9H,1H3,(H2,6,8). The van der Waals surface area contributed by atoms with Gasteiger partial charge in [-0.25, -0.2) is 4.99 Å². The zero-order valence-electron chi connectivity index (χ0n) is 5.13. The summed E-state index contributed by atoms with van der Waals surface area (Å²) in [5, 5.41) is 11.7. The molecule has 0 radical (unpaired) electrons. The van der Waals surface area contributed by atoms with Gasteiger partial charge in [0.25, 0.3) is 0 Å². The van der Waals surface area contributed by atoms with Crippen molar-refractivity contribution in [1.82, 2.24) is 5.32 Å². The van der Waals surface area contributed by atoms with E-state index in [1.807, 2.05) is 0 Å².